The molecule has 0 bridgehead atoms. The lowest BCUT2D eigenvalue weighted by molar-refractivity contribution is 0.347. The first kappa shape index (κ1) is 19.7. The van der Waals surface area contributed by atoms with Crippen molar-refractivity contribution in [3.05, 3.63) is 58.4 Å². The van der Waals surface area contributed by atoms with E-state index >= 15 is 0 Å². The summed E-state index contributed by atoms with van der Waals surface area (Å²) < 4.78 is 17.5. The molecule has 0 N–H and O–H groups in total. The molecule has 1 aromatic carbocycles. The average molecular weight is 397 g/mol. The lowest BCUT2D eigenvalue weighted by Crippen LogP contribution is -2.36. The molecule has 29 heavy (non-hydrogen) atoms. The number of fused-ring (bicyclic) bond motifs is 1. The largest absolute Gasteiger partial charge is 0.369 e. The number of aryl methyl sites for hydroxylation is 1. The number of benzene rings is 1. The maximum Gasteiger partial charge on any atom is 0.330 e. The number of rotatable bonds is 5. The molecular formula is C23H29FN4O. The van der Waals surface area contributed by atoms with Gasteiger partial charge in [0.05, 0.1) is 12.2 Å². The zero-order valence-electron chi connectivity index (χ0n) is 17.4. The van der Waals surface area contributed by atoms with Gasteiger partial charge in [-0.2, -0.15) is 0 Å². The molecule has 1 aliphatic rings. The Hall–Kier alpha value is -2.63. The molecule has 2 aromatic heterocycles. The van der Waals surface area contributed by atoms with E-state index in [-0.39, 0.29) is 18.1 Å². The van der Waals surface area contributed by atoms with E-state index in [1.807, 2.05) is 6.07 Å². The normalized spacial score (nSPS) is 17.4. The highest BCUT2D eigenvalue weighted by atomic mass is 19.1. The zero-order chi connectivity index (χ0) is 20.5. The Kier molecular flexibility index (Phi) is 5.43. The molecular weight excluding hydrogens is 367 g/mol. The van der Waals surface area contributed by atoms with Crippen LogP contribution in [0.3, 0.4) is 0 Å². The van der Waals surface area contributed by atoms with Gasteiger partial charge < -0.3 is 4.90 Å². The van der Waals surface area contributed by atoms with Crippen molar-refractivity contribution in [3.8, 4) is 0 Å². The fraction of sp³-hybridized carbons (Fsp3) is 0.478. The van der Waals surface area contributed by atoms with Gasteiger partial charge in [-0.15, -0.1) is 0 Å². The molecule has 0 radical (unpaired) electrons. The molecule has 1 fully saturated rings. The predicted octanol–water partition coefficient (Wildman–Crippen LogP) is 4.18. The molecule has 154 valence electrons. The molecule has 5 nitrogen and oxygen atoms in total. The molecule has 1 unspecified atom stereocenters. The van der Waals surface area contributed by atoms with Crippen molar-refractivity contribution in [2.24, 2.45) is 18.9 Å². The van der Waals surface area contributed by atoms with Crippen molar-refractivity contribution in [2.75, 3.05) is 18.0 Å². The molecule has 0 spiro atoms. The third-order valence-corrected chi connectivity index (χ3v) is 5.94. The van der Waals surface area contributed by atoms with Gasteiger partial charge in [0.2, 0.25) is 0 Å². The Bertz CT molecular complexity index is 1070. The highest BCUT2D eigenvalue weighted by Crippen LogP contribution is 2.31. The smallest absolute Gasteiger partial charge is 0.330 e. The number of hydrogen-bond acceptors (Lipinski definition) is 3. The number of aromatic nitrogens is 3. The van der Waals surface area contributed by atoms with Gasteiger partial charge in [-0.05, 0) is 43.2 Å². The summed E-state index contributed by atoms with van der Waals surface area (Å²) in [7, 11) is 1.73. The molecule has 3 heterocycles. The Labute approximate surface area is 170 Å². The molecule has 1 aliphatic heterocycles. The number of pyridine rings is 1. The van der Waals surface area contributed by atoms with Crippen LogP contribution in [0.2, 0.25) is 0 Å². The molecule has 0 saturated carbocycles. The lowest BCUT2D eigenvalue weighted by atomic mass is 9.89. The van der Waals surface area contributed by atoms with Crippen LogP contribution in [-0.4, -0.2) is 27.2 Å². The summed E-state index contributed by atoms with van der Waals surface area (Å²) in [4.78, 5) is 19.9. The van der Waals surface area contributed by atoms with Crippen molar-refractivity contribution in [2.45, 2.75) is 39.7 Å². The minimum absolute atomic E-state index is 0.168. The summed E-state index contributed by atoms with van der Waals surface area (Å²) in [6.07, 6.45) is 5.38. The van der Waals surface area contributed by atoms with Crippen LogP contribution in [0.15, 0.2) is 41.3 Å². The number of nitrogens with zero attached hydrogens (tertiary/aromatic N) is 4. The topological polar surface area (TPSA) is 43.1 Å². The molecule has 0 aliphatic carbocycles. The standard InChI is InChI=1S/C23H29FN4O/c1-16(2)13-17-7-6-12-27(14-17)20-10-11-25-22-21(20)28(23(29)26(22)3)15-18-8-4-5-9-19(18)24/h4-5,8-11,16-17H,6-7,12-15H2,1-3H3. The third-order valence-electron chi connectivity index (χ3n) is 5.94. The quantitative estimate of drug-likeness (QED) is 0.650. The summed E-state index contributed by atoms with van der Waals surface area (Å²) >= 11 is 0. The second-order valence-electron chi connectivity index (χ2n) is 8.61. The number of imidazole rings is 1. The first-order valence-corrected chi connectivity index (χ1v) is 10.5. The fourth-order valence-corrected chi connectivity index (χ4v) is 4.65. The molecule has 1 saturated heterocycles. The van der Waals surface area contributed by atoms with E-state index in [0.29, 0.717) is 23.0 Å². The van der Waals surface area contributed by atoms with Crippen LogP contribution in [0.5, 0.6) is 0 Å². The van der Waals surface area contributed by atoms with E-state index in [1.54, 1.807) is 40.6 Å². The Morgan fingerprint density at radius 1 is 1.24 bits per heavy atom. The van der Waals surface area contributed by atoms with Gasteiger partial charge in [-0.1, -0.05) is 32.0 Å². The summed E-state index contributed by atoms with van der Waals surface area (Å²) in [6.45, 7) is 6.70. The predicted molar refractivity (Wildman–Crippen MR) is 115 cm³/mol. The van der Waals surface area contributed by atoms with Crippen LogP contribution in [-0.2, 0) is 13.6 Å². The average Bonchev–Trinajstić information content (AvgIpc) is 2.94. The molecule has 6 heteroatoms. The Morgan fingerprint density at radius 3 is 2.79 bits per heavy atom. The maximum atomic E-state index is 14.3. The van der Waals surface area contributed by atoms with E-state index in [2.05, 4.69) is 23.7 Å². The van der Waals surface area contributed by atoms with E-state index in [0.717, 1.165) is 30.7 Å². The van der Waals surface area contributed by atoms with E-state index in [1.165, 1.54) is 18.9 Å². The Balaban J connectivity index is 1.78. The fourth-order valence-electron chi connectivity index (χ4n) is 4.65. The van der Waals surface area contributed by atoms with Crippen molar-refractivity contribution in [1.82, 2.24) is 14.1 Å². The first-order valence-electron chi connectivity index (χ1n) is 10.5. The third kappa shape index (κ3) is 3.80. The van der Waals surface area contributed by atoms with E-state index in [9.17, 15) is 9.18 Å². The van der Waals surface area contributed by atoms with E-state index < -0.39 is 0 Å². The summed E-state index contributed by atoms with van der Waals surface area (Å²) in [5, 5.41) is 0. The van der Waals surface area contributed by atoms with Crippen LogP contribution in [0.25, 0.3) is 11.2 Å². The van der Waals surface area contributed by atoms with Crippen molar-refractivity contribution < 1.29 is 4.39 Å². The minimum atomic E-state index is -0.295. The van der Waals surface area contributed by atoms with Crippen LogP contribution >= 0.6 is 0 Å². The number of piperidine rings is 1. The molecule has 0 amide bonds. The van der Waals surface area contributed by atoms with Gasteiger partial charge >= 0.3 is 5.69 Å². The second-order valence-corrected chi connectivity index (χ2v) is 8.61. The van der Waals surface area contributed by atoms with Gasteiger partial charge in [0.1, 0.15) is 11.3 Å². The first-order chi connectivity index (χ1) is 14.0. The summed E-state index contributed by atoms with van der Waals surface area (Å²) in [6, 6.07) is 8.63. The van der Waals surface area contributed by atoms with Gasteiger partial charge in [-0.25, -0.2) is 14.2 Å². The van der Waals surface area contributed by atoms with E-state index in [4.69, 9.17) is 0 Å². The zero-order valence-corrected chi connectivity index (χ0v) is 17.4. The highest BCUT2D eigenvalue weighted by molar-refractivity contribution is 5.87. The summed E-state index contributed by atoms with van der Waals surface area (Å²) in [5.74, 6) is 1.03. The van der Waals surface area contributed by atoms with Crippen LogP contribution < -0.4 is 10.6 Å². The van der Waals surface area contributed by atoms with Crippen LogP contribution in [0.4, 0.5) is 10.1 Å². The summed E-state index contributed by atoms with van der Waals surface area (Å²) in [5.41, 5.74) is 2.81. The SMILES string of the molecule is CC(C)CC1CCCN(c2ccnc3c2n(Cc2ccccc2F)c(=O)n3C)C1. The monoisotopic (exact) mass is 396 g/mol. The van der Waals surface area contributed by atoms with Crippen molar-refractivity contribution in [1.29, 1.82) is 0 Å². The number of hydrogen-bond donors (Lipinski definition) is 0. The van der Waals surface area contributed by atoms with Gasteiger partial charge in [-0.3, -0.25) is 9.13 Å². The minimum Gasteiger partial charge on any atom is -0.369 e. The Morgan fingerprint density at radius 2 is 2.03 bits per heavy atom. The lowest BCUT2D eigenvalue weighted by Gasteiger charge is -2.35. The second kappa shape index (κ2) is 8.01. The highest BCUT2D eigenvalue weighted by Gasteiger charge is 2.25. The van der Waals surface area contributed by atoms with Crippen molar-refractivity contribution >= 4 is 16.9 Å². The molecule has 4 rings (SSSR count). The van der Waals surface area contributed by atoms with Crippen LogP contribution in [0, 0.1) is 17.7 Å². The van der Waals surface area contributed by atoms with Crippen molar-refractivity contribution in [3.63, 3.8) is 0 Å². The molecule has 3 aromatic rings. The number of anilines is 1. The maximum absolute atomic E-state index is 14.3. The molecule has 1 atom stereocenters. The van der Waals surface area contributed by atoms with Gasteiger partial charge in [0, 0.05) is 31.9 Å². The number of halogens is 1. The van der Waals surface area contributed by atoms with Gasteiger partial charge in [0.15, 0.2) is 5.65 Å². The van der Waals surface area contributed by atoms with Crippen LogP contribution in [0.1, 0.15) is 38.7 Å². The van der Waals surface area contributed by atoms with Gasteiger partial charge in [0.25, 0.3) is 0 Å².